The van der Waals surface area contributed by atoms with Gasteiger partial charge in [-0.2, -0.15) is 5.10 Å². The summed E-state index contributed by atoms with van der Waals surface area (Å²) in [4.78, 5) is 0. The van der Waals surface area contributed by atoms with Crippen molar-refractivity contribution in [2.45, 2.75) is 6.42 Å². The molecule has 0 unspecified atom stereocenters. The van der Waals surface area contributed by atoms with E-state index >= 15 is 0 Å². The minimum absolute atomic E-state index is 0.141. The number of benzene rings is 1. The highest BCUT2D eigenvalue weighted by Gasteiger charge is 2.02. The highest BCUT2D eigenvalue weighted by molar-refractivity contribution is 5.23. The van der Waals surface area contributed by atoms with Crippen LogP contribution in [0.15, 0.2) is 23.3 Å². The molecule has 1 heterocycles. The van der Waals surface area contributed by atoms with Crippen LogP contribution in [0.1, 0.15) is 6.42 Å². The molecule has 15 heavy (non-hydrogen) atoms. The summed E-state index contributed by atoms with van der Waals surface area (Å²) in [6.07, 6.45) is 2.51. The molecular formula is C10H12FN3O. The molecule has 0 saturated carbocycles. The van der Waals surface area contributed by atoms with Crippen molar-refractivity contribution < 1.29 is 9.50 Å². The van der Waals surface area contributed by atoms with E-state index in [0.717, 1.165) is 5.22 Å². The molecule has 0 atom stereocenters. The average molecular weight is 209 g/mol. The summed E-state index contributed by atoms with van der Waals surface area (Å²) >= 11 is 0. The van der Waals surface area contributed by atoms with E-state index in [1.165, 1.54) is 12.1 Å². The predicted molar refractivity (Wildman–Crippen MR) is 53.2 cm³/mol. The zero-order valence-corrected chi connectivity index (χ0v) is 8.15. The lowest BCUT2D eigenvalue weighted by molar-refractivity contribution is 0.235. The van der Waals surface area contributed by atoms with Crippen molar-refractivity contribution in [2.24, 2.45) is 5.10 Å². The monoisotopic (exact) mass is 209 g/mol. The fourth-order valence-corrected chi connectivity index (χ4v) is 1.39. The quantitative estimate of drug-likeness (QED) is 0.692. The molecule has 1 aromatic carbocycles. The van der Waals surface area contributed by atoms with Crippen LogP contribution in [-0.2, 0) is 0 Å². The van der Waals surface area contributed by atoms with Gasteiger partial charge in [0.1, 0.15) is 5.82 Å². The fourth-order valence-electron chi connectivity index (χ4n) is 1.39. The summed E-state index contributed by atoms with van der Waals surface area (Å²) in [6.45, 7) is 0.805. The molecule has 4 nitrogen and oxygen atoms in total. The van der Waals surface area contributed by atoms with Gasteiger partial charge in [-0.3, -0.25) is 5.01 Å². The molecule has 1 aliphatic heterocycles. The molecular weight excluding hydrogens is 197 g/mol. The van der Waals surface area contributed by atoms with Crippen LogP contribution in [0, 0.1) is 5.82 Å². The smallest absolute Gasteiger partial charge is 0.125 e. The SMILES string of the molecule is OCCCN1C=c2ccc(F)cc2=NN1. The minimum atomic E-state index is -0.295. The summed E-state index contributed by atoms with van der Waals surface area (Å²) in [5.41, 5.74) is 2.76. The number of aliphatic hydroxyl groups is 1. The molecule has 0 saturated heterocycles. The first-order chi connectivity index (χ1) is 7.29. The minimum Gasteiger partial charge on any atom is -0.396 e. The molecule has 80 valence electrons. The molecule has 2 rings (SSSR count). The highest BCUT2D eigenvalue weighted by Crippen LogP contribution is 1.92. The van der Waals surface area contributed by atoms with E-state index in [1.807, 2.05) is 6.20 Å². The second-order valence-corrected chi connectivity index (χ2v) is 3.31. The maximum absolute atomic E-state index is 12.8. The largest absolute Gasteiger partial charge is 0.396 e. The summed E-state index contributed by atoms with van der Waals surface area (Å²) in [6, 6.07) is 4.46. The van der Waals surface area contributed by atoms with Gasteiger partial charge in [0.05, 0.1) is 5.36 Å². The van der Waals surface area contributed by atoms with Crippen LogP contribution in [0.25, 0.3) is 6.20 Å². The average Bonchev–Trinajstić information content (AvgIpc) is 2.26. The van der Waals surface area contributed by atoms with Crippen LogP contribution in [0.2, 0.25) is 0 Å². The lowest BCUT2D eigenvalue weighted by Crippen LogP contribution is -2.43. The van der Waals surface area contributed by atoms with Crippen LogP contribution >= 0.6 is 0 Å². The van der Waals surface area contributed by atoms with E-state index in [4.69, 9.17) is 5.11 Å². The van der Waals surface area contributed by atoms with E-state index in [0.29, 0.717) is 18.3 Å². The van der Waals surface area contributed by atoms with E-state index in [1.54, 1.807) is 11.1 Å². The standard InChI is InChI=1S/C10H12FN3O/c11-9-3-2-8-7-14(4-1-5-15)13-12-10(8)6-9/h2-3,6-7,13,15H,1,4-5H2. The van der Waals surface area contributed by atoms with E-state index < -0.39 is 0 Å². The number of hydrogen-bond acceptors (Lipinski definition) is 4. The molecule has 0 bridgehead atoms. The molecule has 0 aliphatic carbocycles. The Bertz CT molecular complexity index is 460. The first-order valence-corrected chi connectivity index (χ1v) is 4.78. The summed E-state index contributed by atoms with van der Waals surface area (Å²) in [5, 5.41) is 15.9. The molecule has 0 aromatic heterocycles. The number of nitrogens with one attached hydrogen (secondary N) is 1. The van der Waals surface area contributed by atoms with Gasteiger partial charge in [0.15, 0.2) is 0 Å². The van der Waals surface area contributed by atoms with Gasteiger partial charge in [-0.05, 0) is 18.6 Å². The molecule has 0 amide bonds. The zero-order chi connectivity index (χ0) is 10.7. The van der Waals surface area contributed by atoms with E-state index in [2.05, 4.69) is 10.6 Å². The Hall–Kier alpha value is -1.62. The normalized spacial score (nSPS) is 13.6. The maximum atomic E-state index is 12.8. The number of aliphatic hydroxyl groups excluding tert-OH is 1. The molecule has 0 fully saturated rings. The number of fused-ring (bicyclic) bond motifs is 1. The highest BCUT2D eigenvalue weighted by atomic mass is 19.1. The third-order valence-corrected chi connectivity index (χ3v) is 2.14. The number of rotatable bonds is 3. The Morgan fingerprint density at radius 3 is 3.13 bits per heavy atom. The fraction of sp³-hybridized carbons (Fsp3) is 0.300. The second kappa shape index (κ2) is 4.27. The van der Waals surface area contributed by atoms with Gasteiger partial charge in [-0.1, -0.05) is 0 Å². The van der Waals surface area contributed by atoms with Crippen molar-refractivity contribution in [1.29, 1.82) is 0 Å². The first-order valence-electron chi connectivity index (χ1n) is 4.78. The van der Waals surface area contributed by atoms with Gasteiger partial charge < -0.3 is 5.11 Å². The van der Waals surface area contributed by atoms with Crippen molar-refractivity contribution in [3.63, 3.8) is 0 Å². The van der Waals surface area contributed by atoms with Gasteiger partial charge in [-0.15, -0.1) is 0 Å². The Labute approximate surface area is 86.3 Å². The van der Waals surface area contributed by atoms with Gasteiger partial charge >= 0.3 is 0 Å². The van der Waals surface area contributed by atoms with E-state index in [-0.39, 0.29) is 12.4 Å². The van der Waals surface area contributed by atoms with Crippen LogP contribution in [0.5, 0.6) is 0 Å². The lowest BCUT2D eigenvalue weighted by Gasteiger charge is -2.20. The third kappa shape index (κ3) is 2.24. The van der Waals surface area contributed by atoms with Crippen molar-refractivity contribution >= 4 is 6.20 Å². The van der Waals surface area contributed by atoms with Crippen LogP contribution < -0.4 is 16.1 Å². The molecule has 1 aliphatic rings. The number of nitrogens with zero attached hydrogens (tertiary/aromatic N) is 2. The maximum Gasteiger partial charge on any atom is 0.125 e. The number of hydrogen-bond donors (Lipinski definition) is 2. The Morgan fingerprint density at radius 2 is 2.33 bits per heavy atom. The van der Waals surface area contributed by atoms with Crippen molar-refractivity contribution in [2.75, 3.05) is 13.2 Å². The van der Waals surface area contributed by atoms with Crippen LogP contribution in [0.4, 0.5) is 4.39 Å². The summed E-state index contributed by atoms with van der Waals surface area (Å²) in [7, 11) is 0. The van der Waals surface area contributed by atoms with Crippen molar-refractivity contribution in [3.8, 4) is 0 Å². The lowest BCUT2D eigenvalue weighted by atomic mass is 10.3. The molecule has 5 heteroatoms. The van der Waals surface area contributed by atoms with Crippen molar-refractivity contribution in [1.82, 2.24) is 10.5 Å². The van der Waals surface area contributed by atoms with Crippen LogP contribution in [-0.4, -0.2) is 23.3 Å². The Balaban J connectivity index is 2.25. The number of hydrazine groups is 1. The van der Waals surface area contributed by atoms with Gasteiger partial charge in [0, 0.05) is 30.6 Å². The van der Waals surface area contributed by atoms with Crippen LogP contribution in [0.3, 0.4) is 0 Å². The predicted octanol–water partition coefficient (Wildman–Crippen LogP) is -0.699. The molecule has 0 radical (unpaired) electrons. The first kappa shape index (κ1) is 9.92. The molecule has 2 N–H and O–H groups in total. The van der Waals surface area contributed by atoms with Crippen molar-refractivity contribution in [3.05, 3.63) is 34.6 Å². The molecule has 1 aromatic rings. The van der Waals surface area contributed by atoms with E-state index in [9.17, 15) is 4.39 Å². The topological polar surface area (TPSA) is 47.9 Å². The molecule has 0 spiro atoms. The Kier molecular flexibility index (Phi) is 2.82. The summed E-state index contributed by atoms with van der Waals surface area (Å²) in [5.74, 6) is -0.295. The summed E-state index contributed by atoms with van der Waals surface area (Å²) < 4.78 is 12.8. The number of halogens is 1. The van der Waals surface area contributed by atoms with Gasteiger partial charge in [0.25, 0.3) is 0 Å². The zero-order valence-electron chi connectivity index (χ0n) is 8.15. The second-order valence-electron chi connectivity index (χ2n) is 3.31. The third-order valence-electron chi connectivity index (χ3n) is 2.14. The van der Waals surface area contributed by atoms with Gasteiger partial charge in [0.2, 0.25) is 0 Å². The Morgan fingerprint density at radius 1 is 1.47 bits per heavy atom. The van der Waals surface area contributed by atoms with Gasteiger partial charge in [-0.25, -0.2) is 9.93 Å².